The molecule has 0 aromatic heterocycles. The summed E-state index contributed by atoms with van der Waals surface area (Å²) in [6.07, 6.45) is 0.742. The van der Waals surface area contributed by atoms with Crippen LogP contribution in [-0.4, -0.2) is 39.3 Å². The zero-order valence-electron chi connectivity index (χ0n) is 14.8. The molecule has 0 fully saturated rings. The molecular weight excluding hydrogens is 324 g/mol. The maximum Gasteiger partial charge on any atom is 0.211 e. The molecule has 0 atom stereocenters. The van der Waals surface area contributed by atoms with Crippen LogP contribution in [0.3, 0.4) is 0 Å². The Balaban J connectivity index is 2.46. The van der Waals surface area contributed by atoms with E-state index >= 15 is 0 Å². The Bertz CT molecular complexity index is 740. The average Bonchev–Trinajstić information content (AvgIpc) is 2.65. The number of ether oxygens (including phenoxy) is 4. The first-order chi connectivity index (χ1) is 12.1. The molecule has 134 valence electrons. The lowest BCUT2D eigenvalue weighted by atomic mass is 9.99. The summed E-state index contributed by atoms with van der Waals surface area (Å²) < 4.78 is 21.1. The topological polar surface area (TPSA) is 74.2 Å². The number of hydrogen-bond acceptors (Lipinski definition) is 6. The van der Waals surface area contributed by atoms with E-state index in [-0.39, 0.29) is 46.5 Å². The van der Waals surface area contributed by atoms with Crippen LogP contribution in [0.15, 0.2) is 30.3 Å². The number of phenolic OH excluding ortho intramolecular Hbond substituents is 1. The predicted octanol–water partition coefficient (Wildman–Crippen LogP) is 3.24. The molecule has 0 unspecified atom stereocenters. The molecular formula is C19H22O6. The fourth-order valence-electron chi connectivity index (χ4n) is 2.69. The van der Waals surface area contributed by atoms with Gasteiger partial charge >= 0.3 is 0 Å². The molecule has 0 aliphatic heterocycles. The first-order valence-corrected chi connectivity index (χ1v) is 7.75. The molecule has 2 aromatic rings. The van der Waals surface area contributed by atoms with Gasteiger partial charge in [-0.3, -0.25) is 4.79 Å². The van der Waals surface area contributed by atoms with Crippen LogP contribution in [0, 0.1) is 0 Å². The smallest absolute Gasteiger partial charge is 0.211 e. The summed E-state index contributed by atoms with van der Waals surface area (Å²) in [5, 5.41) is 10.5. The van der Waals surface area contributed by atoms with Gasteiger partial charge < -0.3 is 24.1 Å². The number of rotatable bonds is 8. The van der Waals surface area contributed by atoms with Gasteiger partial charge in [0.2, 0.25) is 17.2 Å². The molecule has 0 spiro atoms. The monoisotopic (exact) mass is 346 g/mol. The minimum absolute atomic E-state index is 0.0212. The van der Waals surface area contributed by atoms with Gasteiger partial charge in [0.05, 0.1) is 28.4 Å². The second-order valence-corrected chi connectivity index (χ2v) is 5.27. The average molecular weight is 346 g/mol. The standard InChI is InChI=1S/C19H22O6/c1-22-16-14(13(20)11-10-12-8-6-5-7-9-12)15(21)17(23-2)19(25-4)18(16)24-3/h5-9,21H,10-11H2,1-4H3. The molecule has 0 amide bonds. The number of methoxy groups -OCH3 is 4. The third-order valence-corrected chi connectivity index (χ3v) is 3.88. The molecule has 25 heavy (non-hydrogen) atoms. The second-order valence-electron chi connectivity index (χ2n) is 5.27. The highest BCUT2D eigenvalue weighted by Gasteiger charge is 2.30. The molecule has 0 saturated heterocycles. The summed E-state index contributed by atoms with van der Waals surface area (Å²) in [4.78, 5) is 12.8. The van der Waals surface area contributed by atoms with Crippen LogP contribution in [0.25, 0.3) is 0 Å². The van der Waals surface area contributed by atoms with E-state index in [9.17, 15) is 9.90 Å². The van der Waals surface area contributed by atoms with Crippen molar-refractivity contribution < 1.29 is 28.8 Å². The molecule has 6 nitrogen and oxygen atoms in total. The Morgan fingerprint density at radius 2 is 1.36 bits per heavy atom. The SMILES string of the molecule is COc1c(O)c(C(=O)CCc2ccccc2)c(OC)c(OC)c1OC. The molecule has 6 heteroatoms. The largest absolute Gasteiger partial charge is 0.504 e. The second kappa shape index (κ2) is 8.28. The number of ketones is 1. The Hall–Kier alpha value is -2.89. The quantitative estimate of drug-likeness (QED) is 0.740. The summed E-state index contributed by atoms with van der Waals surface area (Å²) >= 11 is 0. The van der Waals surface area contributed by atoms with Crippen LogP contribution in [0.5, 0.6) is 28.7 Å². The molecule has 1 N–H and O–H groups in total. The maximum atomic E-state index is 12.8. The number of carbonyl (C=O) groups is 1. The van der Waals surface area contributed by atoms with Crippen LogP contribution in [0.4, 0.5) is 0 Å². The van der Waals surface area contributed by atoms with Crippen LogP contribution in [0.1, 0.15) is 22.3 Å². The zero-order valence-corrected chi connectivity index (χ0v) is 14.8. The molecule has 0 saturated carbocycles. The van der Waals surface area contributed by atoms with Crippen LogP contribution >= 0.6 is 0 Å². The number of benzene rings is 2. The minimum atomic E-state index is -0.324. The Morgan fingerprint density at radius 1 is 0.840 bits per heavy atom. The summed E-state index contributed by atoms with van der Waals surface area (Å²) in [6.45, 7) is 0. The van der Waals surface area contributed by atoms with Gasteiger partial charge in [0.25, 0.3) is 0 Å². The highest BCUT2D eigenvalue weighted by Crippen LogP contribution is 2.53. The van der Waals surface area contributed by atoms with Gasteiger partial charge in [0.15, 0.2) is 17.3 Å². The number of aryl methyl sites for hydroxylation is 1. The van der Waals surface area contributed by atoms with Crippen molar-refractivity contribution in [3.05, 3.63) is 41.5 Å². The lowest BCUT2D eigenvalue weighted by Crippen LogP contribution is -2.08. The van der Waals surface area contributed by atoms with Gasteiger partial charge in [0, 0.05) is 6.42 Å². The van der Waals surface area contributed by atoms with Gasteiger partial charge in [0.1, 0.15) is 5.56 Å². The van der Waals surface area contributed by atoms with Crippen molar-refractivity contribution in [2.45, 2.75) is 12.8 Å². The lowest BCUT2D eigenvalue weighted by molar-refractivity contribution is 0.0975. The fraction of sp³-hybridized carbons (Fsp3) is 0.316. The van der Waals surface area contributed by atoms with Crippen molar-refractivity contribution in [2.24, 2.45) is 0 Å². The van der Waals surface area contributed by atoms with E-state index in [0.29, 0.717) is 6.42 Å². The third kappa shape index (κ3) is 3.63. The number of phenols is 1. The van der Waals surface area contributed by atoms with Gasteiger partial charge in [-0.15, -0.1) is 0 Å². The summed E-state index contributed by atoms with van der Waals surface area (Å²) in [6, 6.07) is 9.63. The van der Waals surface area contributed by atoms with E-state index < -0.39 is 0 Å². The summed E-state index contributed by atoms with van der Waals surface area (Å²) in [5.74, 6) is -0.0897. The summed E-state index contributed by atoms with van der Waals surface area (Å²) in [5.41, 5.74) is 1.05. The number of hydrogen-bond donors (Lipinski definition) is 1. The molecule has 0 aliphatic rings. The first-order valence-electron chi connectivity index (χ1n) is 7.75. The van der Waals surface area contributed by atoms with Crippen LogP contribution in [-0.2, 0) is 6.42 Å². The van der Waals surface area contributed by atoms with Gasteiger partial charge in [-0.25, -0.2) is 0 Å². The molecule has 2 aromatic carbocycles. The number of carbonyl (C=O) groups excluding carboxylic acids is 1. The van der Waals surface area contributed by atoms with Gasteiger partial charge in [-0.1, -0.05) is 30.3 Å². The lowest BCUT2D eigenvalue weighted by Gasteiger charge is -2.19. The highest BCUT2D eigenvalue weighted by molar-refractivity contribution is 6.04. The fourth-order valence-corrected chi connectivity index (χ4v) is 2.69. The van der Waals surface area contributed by atoms with Gasteiger partial charge in [-0.2, -0.15) is 0 Å². The molecule has 0 heterocycles. The van der Waals surface area contributed by atoms with E-state index in [1.165, 1.54) is 28.4 Å². The van der Waals surface area contributed by atoms with Crippen molar-refractivity contribution in [3.63, 3.8) is 0 Å². The van der Waals surface area contributed by atoms with E-state index in [1.807, 2.05) is 30.3 Å². The summed E-state index contributed by atoms with van der Waals surface area (Å²) in [7, 11) is 5.62. The first kappa shape index (κ1) is 18.4. The normalized spacial score (nSPS) is 10.2. The third-order valence-electron chi connectivity index (χ3n) is 3.88. The molecule has 0 radical (unpaired) electrons. The minimum Gasteiger partial charge on any atom is -0.504 e. The van der Waals surface area contributed by atoms with E-state index in [4.69, 9.17) is 18.9 Å². The maximum absolute atomic E-state index is 12.8. The highest BCUT2D eigenvalue weighted by atomic mass is 16.5. The van der Waals surface area contributed by atoms with Gasteiger partial charge in [-0.05, 0) is 12.0 Å². The predicted molar refractivity (Wildman–Crippen MR) is 93.4 cm³/mol. The van der Waals surface area contributed by atoms with Crippen molar-refractivity contribution in [1.29, 1.82) is 0 Å². The van der Waals surface area contributed by atoms with Crippen LogP contribution in [0.2, 0.25) is 0 Å². The molecule has 0 bridgehead atoms. The van der Waals surface area contributed by atoms with Crippen molar-refractivity contribution in [1.82, 2.24) is 0 Å². The van der Waals surface area contributed by atoms with Crippen LogP contribution < -0.4 is 18.9 Å². The Morgan fingerprint density at radius 3 is 1.88 bits per heavy atom. The number of aromatic hydroxyl groups is 1. The van der Waals surface area contributed by atoms with E-state index in [2.05, 4.69) is 0 Å². The van der Waals surface area contributed by atoms with Crippen molar-refractivity contribution >= 4 is 5.78 Å². The Labute approximate surface area is 146 Å². The number of Topliss-reactive ketones (excluding diaryl/α,β-unsaturated/α-hetero) is 1. The Kier molecular flexibility index (Phi) is 6.11. The molecule has 0 aliphatic carbocycles. The van der Waals surface area contributed by atoms with Crippen molar-refractivity contribution in [2.75, 3.05) is 28.4 Å². The van der Waals surface area contributed by atoms with E-state index in [1.54, 1.807) is 0 Å². The van der Waals surface area contributed by atoms with E-state index in [0.717, 1.165) is 5.56 Å². The van der Waals surface area contributed by atoms with Crippen molar-refractivity contribution in [3.8, 4) is 28.7 Å². The zero-order chi connectivity index (χ0) is 18.4. The molecule has 2 rings (SSSR count).